The number of aliphatic hydroxyl groups excluding tert-OH is 1. The summed E-state index contributed by atoms with van der Waals surface area (Å²) >= 11 is 0. The molecule has 2 atom stereocenters. The highest BCUT2D eigenvalue weighted by molar-refractivity contribution is 5.80. The minimum atomic E-state index is -1.39. The molecule has 0 amide bonds. The molecular formula is C13H19NO3. The Morgan fingerprint density at radius 2 is 2.00 bits per heavy atom. The van der Waals surface area contributed by atoms with Crippen molar-refractivity contribution in [2.24, 2.45) is 11.7 Å². The number of hydrogen-bond acceptors (Lipinski definition) is 3. The average Bonchev–Trinajstić information content (AvgIpc) is 2.35. The number of carbonyl (C=O) groups is 1. The Labute approximate surface area is 101 Å². The fourth-order valence-corrected chi connectivity index (χ4v) is 1.96. The van der Waals surface area contributed by atoms with Crippen molar-refractivity contribution in [2.75, 3.05) is 6.61 Å². The lowest BCUT2D eigenvalue weighted by atomic mass is 9.77. The van der Waals surface area contributed by atoms with Crippen LogP contribution in [0.25, 0.3) is 0 Å². The number of benzene rings is 1. The molecule has 17 heavy (non-hydrogen) atoms. The molecule has 0 fully saturated rings. The summed E-state index contributed by atoms with van der Waals surface area (Å²) in [5.74, 6) is -1.27. The quantitative estimate of drug-likeness (QED) is 0.697. The highest BCUT2D eigenvalue weighted by Gasteiger charge is 2.41. The minimum absolute atomic E-state index is 0.0504. The van der Waals surface area contributed by atoms with Crippen molar-refractivity contribution >= 4 is 5.97 Å². The molecule has 0 aromatic heterocycles. The number of nitrogens with two attached hydrogens (primary N) is 1. The Morgan fingerprint density at radius 3 is 2.47 bits per heavy atom. The molecule has 0 aliphatic rings. The van der Waals surface area contributed by atoms with Crippen molar-refractivity contribution in [3.05, 3.63) is 35.9 Å². The summed E-state index contributed by atoms with van der Waals surface area (Å²) in [5.41, 5.74) is 5.27. The van der Waals surface area contributed by atoms with Gasteiger partial charge in [0, 0.05) is 6.61 Å². The third-order valence-corrected chi connectivity index (χ3v) is 3.18. The maximum absolute atomic E-state index is 11.4. The van der Waals surface area contributed by atoms with Crippen LogP contribution in [-0.2, 0) is 10.3 Å². The number of rotatable bonds is 6. The molecule has 4 heteroatoms. The van der Waals surface area contributed by atoms with E-state index in [1.54, 1.807) is 31.2 Å². The van der Waals surface area contributed by atoms with Crippen LogP contribution in [-0.4, -0.2) is 22.8 Å². The van der Waals surface area contributed by atoms with Gasteiger partial charge in [0.15, 0.2) is 0 Å². The van der Waals surface area contributed by atoms with Crippen molar-refractivity contribution in [3.8, 4) is 0 Å². The van der Waals surface area contributed by atoms with E-state index in [0.717, 1.165) is 0 Å². The molecule has 2 unspecified atom stereocenters. The number of aliphatic carboxylic acids is 1. The third-order valence-electron chi connectivity index (χ3n) is 3.18. The smallest absolute Gasteiger partial charge is 0.328 e. The van der Waals surface area contributed by atoms with Crippen LogP contribution < -0.4 is 5.73 Å². The van der Waals surface area contributed by atoms with Gasteiger partial charge >= 0.3 is 5.97 Å². The summed E-state index contributed by atoms with van der Waals surface area (Å²) in [4.78, 5) is 11.4. The van der Waals surface area contributed by atoms with Gasteiger partial charge in [-0.05, 0) is 24.3 Å². The van der Waals surface area contributed by atoms with Crippen LogP contribution in [0.5, 0.6) is 0 Å². The maximum Gasteiger partial charge on any atom is 0.328 e. The molecule has 0 saturated heterocycles. The molecule has 0 aliphatic carbocycles. The number of aliphatic hydroxyl groups is 1. The predicted molar refractivity (Wildman–Crippen MR) is 65.4 cm³/mol. The monoisotopic (exact) mass is 237 g/mol. The van der Waals surface area contributed by atoms with E-state index < -0.39 is 11.5 Å². The van der Waals surface area contributed by atoms with E-state index in [4.69, 9.17) is 10.8 Å². The number of hydrogen-bond donors (Lipinski definition) is 3. The fraction of sp³-hybridized carbons (Fsp3) is 0.462. The first-order chi connectivity index (χ1) is 8.03. The molecule has 0 spiro atoms. The van der Waals surface area contributed by atoms with Crippen LogP contribution in [0.2, 0.25) is 0 Å². The zero-order valence-corrected chi connectivity index (χ0v) is 9.97. The summed E-state index contributed by atoms with van der Waals surface area (Å²) in [5, 5.41) is 18.2. The van der Waals surface area contributed by atoms with E-state index in [-0.39, 0.29) is 12.5 Å². The predicted octanol–water partition coefficient (Wildman–Crippen LogP) is 1.33. The van der Waals surface area contributed by atoms with Crippen molar-refractivity contribution in [1.82, 2.24) is 0 Å². The zero-order valence-electron chi connectivity index (χ0n) is 9.97. The average molecular weight is 237 g/mol. The van der Waals surface area contributed by atoms with Crippen LogP contribution in [0.15, 0.2) is 30.3 Å². The normalized spacial score (nSPS) is 16.2. The van der Waals surface area contributed by atoms with Crippen molar-refractivity contribution in [2.45, 2.75) is 25.3 Å². The lowest BCUT2D eigenvalue weighted by Crippen LogP contribution is -2.50. The Balaban J connectivity index is 3.01. The summed E-state index contributed by atoms with van der Waals surface area (Å²) in [7, 11) is 0. The van der Waals surface area contributed by atoms with Gasteiger partial charge in [0.1, 0.15) is 5.54 Å². The van der Waals surface area contributed by atoms with Gasteiger partial charge in [0.2, 0.25) is 0 Å². The second-order valence-corrected chi connectivity index (χ2v) is 4.31. The zero-order chi connectivity index (χ0) is 12.9. The lowest BCUT2D eigenvalue weighted by molar-refractivity contribution is -0.146. The standard InChI is InChI=1S/C13H19NO3/c1-10(6-5-9-15)13(14,12(16)17)11-7-3-2-4-8-11/h2-4,7-8,10,15H,5-6,9,14H2,1H3,(H,16,17). The molecule has 1 aromatic carbocycles. The van der Waals surface area contributed by atoms with Crippen LogP contribution >= 0.6 is 0 Å². The van der Waals surface area contributed by atoms with Gasteiger partial charge in [0.25, 0.3) is 0 Å². The van der Waals surface area contributed by atoms with E-state index in [2.05, 4.69) is 0 Å². The highest BCUT2D eigenvalue weighted by Crippen LogP contribution is 2.30. The molecule has 0 saturated carbocycles. The van der Waals surface area contributed by atoms with E-state index in [0.29, 0.717) is 18.4 Å². The van der Waals surface area contributed by atoms with Gasteiger partial charge in [-0.2, -0.15) is 0 Å². The first-order valence-corrected chi connectivity index (χ1v) is 5.72. The largest absolute Gasteiger partial charge is 0.480 e. The molecule has 0 bridgehead atoms. The lowest BCUT2D eigenvalue weighted by Gasteiger charge is -2.31. The van der Waals surface area contributed by atoms with Gasteiger partial charge < -0.3 is 15.9 Å². The molecule has 94 valence electrons. The third kappa shape index (κ3) is 2.84. The second kappa shape index (κ2) is 5.80. The summed E-state index contributed by atoms with van der Waals surface area (Å²) in [6.45, 7) is 1.85. The molecule has 1 aromatic rings. The fourth-order valence-electron chi connectivity index (χ4n) is 1.96. The van der Waals surface area contributed by atoms with Gasteiger partial charge in [-0.1, -0.05) is 37.3 Å². The van der Waals surface area contributed by atoms with Crippen LogP contribution in [0, 0.1) is 5.92 Å². The van der Waals surface area contributed by atoms with Crippen LogP contribution in [0.4, 0.5) is 0 Å². The van der Waals surface area contributed by atoms with Crippen molar-refractivity contribution in [3.63, 3.8) is 0 Å². The van der Waals surface area contributed by atoms with Gasteiger partial charge in [-0.3, -0.25) is 0 Å². The van der Waals surface area contributed by atoms with E-state index in [9.17, 15) is 9.90 Å². The Morgan fingerprint density at radius 1 is 1.41 bits per heavy atom. The summed E-state index contributed by atoms with van der Waals surface area (Å²) in [6.07, 6.45) is 1.13. The summed E-state index contributed by atoms with van der Waals surface area (Å²) < 4.78 is 0. The van der Waals surface area contributed by atoms with Crippen molar-refractivity contribution < 1.29 is 15.0 Å². The van der Waals surface area contributed by atoms with Gasteiger partial charge in [-0.15, -0.1) is 0 Å². The molecule has 4 N–H and O–H groups in total. The van der Waals surface area contributed by atoms with Gasteiger partial charge in [-0.25, -0.2) is 4.79 Å². The molecule has 0 heterocycles. The topological polar surface area (TPSA) is 83.5 Å². The molecular weight excluding hydrogens is 218 g/mol. The van der Waals surface area contributed by atoms with Crippen LogP contribution in [0.3, 0.4) is 0 Å². The maximum atomic E-state index is 11.4. The van der Waals surface area contributed by atoms with E-state index in [1.807, 2.05) is 6.07 Å². The first kappa shape index (κ1) is 13.7. The molecule has 0 radical (unpaired) electrons. The minimum Gasteiger partial charge on any atom is -0.480 e. The van der Waals surface area contributed by atoms with Gasteiger partial charge in [0.05, 0.1) is 0 Å². The first-order valence-electron chi connectivity index (χ1n) is 5.72. The molecule has 4 nitrogen and oxygen atoms in total. The second-order valence-electron chi connectivity index (χ2n) is 4.31. The van der Waals surface area contributed by atoms with E-state index >= 15 is 0 Å². The van der Waals surface area contributed by atoms with Crippen molar-refractivity contribution in [1.29, 1.82) is 0 Å². The summed E-state index contributed by atoms with van der Waals surface area (Å²) in [6, 6.07) is 8.83. The Hall–Kier alpha value is -1.39. The molecule has 0 aliphatic heterocycles. The SMILES string of the molecule is CC(CCCO)C(N)(C(=O)O)c1ccccc1. The highest BCUT2D eigenvalue weighted by atomic mass is 16.4. The number of carboxylic acids is 1. The number of carboxylic acid groups (broad SMARTS) is 1. The Kier molecular flexibility index (Phi) is 4.66. The molecule has 1 rings (SSSR count). The Bertz CT molecular complexity index is 366. The van der Waals surface area contributed by atoms with E-state index in [1.165, 1.54) is 0 Å². The van der Waals surface area contributed by atoms with Crippen LogP contribution in [0.1, 0.15) is 25.3 Å².